The Morgan fingerprint density at radius 2 is 1.93 bits per heavy atom. The lowest BCUT2D eigenvalue weighted by molar-refractivity contribution is 0.394. The SMILES string of the molecule is CC(CN)S(=O)(=O)NCCCCN(C)C. The van der Waals surface area contributed by atoms with Gasteiger partial charge >= 0.3 is 0 Å². The van der Waals surface area contributed by atoms with Gasteiger partial charge < -0.3 is 10.6 Å². The lowest BCUT2D eigenvalue weighted by Gasteiger charge is -2.12. The Labute approximate surface area is 93.1 Å². The van der Waals surface area contributed by atoms with E-state index in [1.807, 2.05) is 14.1 Å². The average molecular weight is 237 g/mol. The van der Waals surface area contributed by atoms with E-state index < -0.39 is 15.3 Å². The van der Waals surface area contributed by atoms with Gasteiger partial charge in [-0.05, 0) is 40.4 Å². The predicted octanol–water partition coefficient (Wildman–Crippen LogP) is -0.405. The molecule has 15 heavy (non-hydrogen) atoms. The molecule has 3 N–H and O–H groups in total. The van der Waals surface area contributed by atoms with Crippen LogP contribution in [0.5, 0.6) is 0 Å². The fraction of sp³-hybridized carbons (Fsp3) is 1.00. The highest BCUT2D eigenvalue weighted by Gasteiger charge is 2.17. The Balaban J connectivity index is 3.67. The zero-order valence-electron chi connectivity index (χ0n) is 9.86. The summed E-state index contributed by atoms with van der Waals surface area (Å²) in [6.45, 7) is 3.25. The van der Waals surface area contributed by atoms with Gasteiger partial charge in [0.1, 0.15) is 0 Å². The summed E-state index contributed by atoms with van der Waals surface area (Å²) in [6.07, 6.45) is 1.85. The standard InChI is InChI=1S/C9H23N3O2S/c1-9(8-10)15(13,14)11-6-4-5-7-12(2)3/h9,11H,4-8,10H2,1-3H3. The summed E-state index contributed by atoms with van der Waals surface area (Å²) in [5.74, 6) is 0. The van der Waals surface area contributed by atoms with Gasteiger partial charge in [0.15, 0.2) is 0 Å². The number of nitrogens with zero attached hydrogens (tertiary/aromatic N) is 1. The van der Waals surface area contributed by atoms with Crippen LogP contribution in [0.2, 0.25) is 0 Å². The van der Waals surface area contributed by atoms with E-state index in [2.05, 4.69) is 9.62 Å². The van der Waals surface area contributed by atoms with Crippen LogP contribution in [0.1, 0.15) is 19.8 Å². The normalized spacial score (nSPS) is 14.5. The van der Waals surface area contributed by atoms with E-state index in [4.69, 9.17) is 5.73 Å². The Hall–Kier alpha value is -0.170. The van der Waals surface area contributed by atoms with Crippen LogP contribution in [-0.2, 0) is 10.0 Å². The molecule has 0 fully saturated rings. The molecule has 0 radical (unpaired) electrons. The third kappa shape index (κ3) is 6.83. The van der Waals surface area contributed by atoms with Gasteiger partial charge in [0.2, 0.25) is 10.0 Å². The summed E-state index contributed by atoms with van der Waals surface area (Å²) < 4.78 is 25.5. The van der Waals surface area contributed by atoms with Gasteiger partial charge in [-0.15, -0.1) is 0 Å². The molecule has 5 nitrogen and oxygen atoms in total. The second-order valence-corrected chi connectivity index (χ2v) is 6.18. The fourth-order valence-electron chi connectivity index (χ4n) is 1.04. The number of hydrogen-bond acceptors (Lipinski definition) is 4. The first-order valence-electron chi connectivity index (χ1n) is 5.23. The number of rotatable bonds is 8. The molecule has 0 heterocycles. The van der Waals surface area contributed by atoms with Crippen molar-refractivity contribution in [3.8, 4) is 0 Å². The highest BCUT2D eigenvalue weighted by atomic mass is 32.2. The zero-order valence-corrected chi connectivity index (χ0v) is 10.7. The molecule has 0 aliphatic heterocycles. The van der Waals surface area contributed by atoms with Crippen molar-refractivity contribution in [1.29, 1.82) is 0 Å². The Bertz CT molecular complexity index is 252. The number of nitrogens with one attached hydrogen (secondary N) is 1. The van der Waals surface area contributed by atoms with Crippen LogP contribution in [0.15, 0.2) is 0 Å². The molecule has 6 heteroatoms. The summed E-state index contributed by atoms with van der Waals surface area (Å²) in [6, 6.07) is 0. The fourth-order valence-corrected chi connectivity index (χ4v) is 2.00. The van der Waals surface area contributed by atoms with E-state index in [9.17, 15) is 8.42 Å². The third-order valence-electron chi connectivity index (χ3n) is 2.20. The largest absolute Gasteiger partial charge is 0.329 e. The van der Waals surface area contributed by atoms with Crippen LogP contribution < -0.4 is 10.5 Å². The first-order chi connectivity index (χ1) is 6.90. The molecule has 0 aromatic rings. The monoisotopic (exact) mass is 237 g/mol. The second-order valence-electron chi connectivity index (χ2n) is 4.00. The van der Waals surface area contributed by atoms with Gasteiger partial charge in [-0.1, -0.05) is 0 Å². The van der Waals surface area contributed by atoms with Gasteiger partial charge in [0.25, 0.3) is 0 Å². The Morgan fingerprint density at radius 1 is 1.33 bits per heavy atom. The molecule has 0 bridgehead atoms. The summed E-state index contributed by atoms with van der Waals surface area (Å²) in [5, 5.41) is -0.508. The van der Waals surface area contributed by atoms with Crippen molar-refractivity contribution in [3.05, 3.63) is 0 Å². The van der Waals surface area contributed by atoms with Crippen LogP contribution in [-0.4, -0.2) is 52.3 Å². The molecular weight excluding hydrogens is 214 g/mol. The molecule has 0 amide bonds. The molecule has 0 spiro atoms. The molecule has 1 unspecified atom stereocenters. The third-order valence-corrected chi connectivity index (χ3v) is 4.06. The molecule has 0 saturated heterocycles. The minimum absolute atomic E-state index is 0.160. The van der Waals surface area contributed by atoms with Crippen LogP contribution in [0.3, 0.4) is 0 Å². The first-order valence-corrected chi connectivity index (χ1v) is 6.78. The summed E-state index contributed by atoms with van der Waals surface area (Å²) >= 11 is 0. The minimum Gasteiger partial charge on any atom is -0.329 e. The van der Waals surface area contributed by atoms with E-state index in [0.717, 1.165) is 19.4 Å². The first kappa shape index (κ1) is 14.8. The molecular formula is C9H23N3O2S. The summed E-state index contributed by atoms with van der Waals surface area (Å²) in [7, 11) is 0.802. The number of unbranched alkanes of at least 4 members (excludes halogenated alkanes) is 1. The van der Waals surface area contributed by atoms with Gasteiger partial charge in [-0.3, -0.25) is 0 Å². The van der Waals surface area contributed by atoms with E-state index in [-0.39, 0.29) is 6.54 Å². The van der Waals surface area contributed by atoms with Crippen molar-refractivity contribution in [2.75, 3.05) is 33.7 Å². The number of hydrogen-bond donors (Lipinski definition) is 2. The minimum atomic E-state index is -3.20. The van der Waals surface area contributed by atoms with E-state index >= 15 is 0 Å². The van der Waals surface area contributed by atoms with Gasteiger partial charge in [0.05, 0.1) is 5.25 Å². The van der Waals surface area contributed by atoms with Crippen molar-refractivity contribution in [1.82, 2.24) is 9.62 Å². The number of nitrogens with two attached hydrogens (primary N) is 1. The van der Waals surface area contributed by atoms with E-state index in [0.29, 0.717) is 6.54 Å². The van der Waals surface area contributed by atoms with Crippen molar-refractivity contribution in [2.24, 2.45) is 5.73 Å². The van der Waals surface area contributed by atoms with E-state index in [1.165, 1.54) is 0 Å². The van der Waals surface area contributed by atoms with Crippen molar-refractivity contribution < 1.29 is 8.42 Å². The maximum Gasteiger partial charge on any atom is 0.215 e. The van der Waals surface area contributed by atoms with Gasteiger partial charge in [0, 0.05) is 13.1 Å². The summed E-state index contributed by atoms with van der Waals surface area (Å²) in [5.41, 5.74) is 5.30. The highest BCUT2D eigenvalue weighted by molar-refractivity contribution is 7.90. The predicted molar refractivity (Wildman–Crippen MR) is 63.2 cm³/mol. The Morgan fingerprint density at radius 3 is 2.40 bits per heavy atom. The molecule has 0 saturated carbocycles. The van der Waals surface area contributed by atoms with E-state index in [1.54, 1.807) is 6.92 Å². The maximum atomic E-state index is 11.5. The topological polar surface area (TPSA) is 75.4 Å². The molecule has 1 atom stereocenters. The average Bonchev–Trinajstić information content (AvgIpc) is 2.15. The van der Waals surface area contributed by atoms with Crippen molar-refractivity contribution in [2.45, 2.75) is 25.0 Å². The van der Waals surface area contributed by atoms with Crippen molar-refractivity contribution >= 4 is 10.0 Å². The lowest BCUT2D eigenvalue weighted by atomic mass is 10.3. The lowest BCUT2D eigenvalue weighted by Crippen LogP contribution is -2.37. The molecule has 0 aliphatic rings. The van der Waals surface area contributed by atoms with Gasteiger partial charge in [-0.2, -0.15) is 0 Å². The summed E-state index contributed by atoms with van der Waals surface area (Å²) in [4.78, 5) is 2.08. The molecule has 0 aromatic carbocycles. The Kier molecular flexibility index (Phi) is 7.08. The smallest absolute Gasteiger partial charge is 0.215 e. The molecule has 0 aromatic heterocycles. The number of sulfonamides is 1. The molecule has 0 aliphatic carbocycles. The maximum absolute atomic E-state index is 11.5. The quantitative estimate of drug-likeness (QED) is 0.563. The molecule has 92 valence electrons. The molecule has 0 rings (SSSR count). The highest BCUT2D eigenvalue weighted by Crippen LogP contribution is 1.96. The van der Waals surface area contributed by atoms with Crippen LogP contribution in [0.4, 0.5) is 0 Å². The van der Waals surface area contributed by atoms with Crippen molar-refractivity contribution in [3.63, 3.8) is 0 Å². The van der Waals surface area contributed by atoms with Crippen LogP contribution in [0, 0.1) is 0 Å². The second kappa shape index (κ2) is 7.16. The zero-order chi connectivity index (χ0) is 11.9. The van der Waals surface area contributed by atoms with Crippen LogP contribution in [0.25, 0.3) is 0 Å². The van der Waals surface area contributed by atoms with Crippen LogP contribution >= 0.6 is 0 Å². The van der Waals surface area contributed by atoms with Gasteiger partial charge in [-0.25, -0.2) is 13.1 Å².